The summed E-state index contributed by atoms with van der Waals surface area (Å²) >= 11 is 6.49. The number of ether oxygens (including phenoxy) is 2. The van der Waals surface area contributed by atoms with Crippen molar-refractivity contribution in [1.82, 2.24) is 0 Å². The smallest absolute Gasteiger partial charge is 0.415 e. The molecular weight excluding hydrogens is 394 g/mol. The van der Waals surface area contributed by atoms with Gasteiger partial charge in [0, 0.05) is 22.4 Å². The van der Waals surface area contributed by atoms with Gasteiger partial charge in [0.05, 0.1) is 12.8 Å². The quantitative estimate of drug-likeness (QED) is 0.740. The van der Waals surface area contributed by atoms with Gasteiger partial charge in [-0.25, -0.2) is 9.59 Å². The Hall–Kier alpha value is -2.99. The number of nitrogens with zero attached hydrogens (tertiary/aromatic N) is 1. The molecular formula is C22H20ClNO5. The number of hydrogen-bond donors (Lipinski definition) is 1. The van der Waals surface area contributed by atoms with Gasteiger partial charge in [-0.3, -0.25) is 4.90 Å². The van der Waals surface area contributed by atoms with E-state index in [9.17, 15) is 14.7 Å². The lowest BCUT2D eigenvalue weighted by molar-refractivity contribution is -0.140. The lowest BCUT2D eigenvalue weighted by atomic mass is 9.78. The van der Waals surface area contributed by atoms with Crippen molar-refractivity contribution in [2.24, 2.45) is 5.92 Å². The van der Waals surface area contributed by atoms with Crippen LogP contribution in [0.25, 0.3) is 0 Å². The molecule has 1 aliphatic heterocycles. The summed E-state index contributed by atoms with van der Waals surface area (Å²) in [6, 6.07) is 11.5. The van der Waals surface area contributed by atoms with Crippen molar-refractivity contribution in [2.75, 3.05) is 12.0 Å². The standard InChI is InChI=1S/C22H20ClNO5/c1-28-17-11-10-16(23)18-14-8-5-9-15(14)19(21(25)26)24(20(17)18)22(27)29-12-13-6-3-2-4-7-13/h2-8,10-11,14-15,19H,9,12H2,1H3,(H,25,26)/t14-,15+,19-/m0/s1. The van der Waals surface area contributed by atoms with Gasteiger partial charge in [0.15, 0.2) is 0 Å². The van der Waals surface area contributed by atoms with Gasteiger partial charge in [-0.05, 0) is 24.1 Å². The molecule has 0 unspecified atom stereocenters. The summed E-state index contributed by atoms with van der Waals surface area (Å²) in [5.74, 6) is -1.24. The van der Waals surface area contributed by atoms with Gasteiger partial charge in [0.25, 0.3) is 0 Å². The summed E-state index contributed by atoms with van der Waals surface area (Å²) in [7, 11) is 1.48. The third-order valence-electron chi connectivity index (χ3n) is 5.47. The largest absolute Gasteiger partial charge is 0.495 e. The molecule has 1 N–H and O–H groups in total. The lowest BCUT2D eigenvalue weighted by Gasteiger charge is -2.42. The van der Waals surface area contributed by atoms with Gasteiger partial charge in [-0.2, -0.15) is 0 Å². The van der Waals surface area contributed by atoms with Crippen LogP contribution in [0.5, 0.6) is 5.75 Å². The van der Waals surface area contributed by atoms with E-state index in [4.69, 9.17) is 21.1 Å². The zero-order valence-electron chi connectivity index (χ0n) is 15.7. The van der Waals surface area contributed by atoms with Crippen molar-refractivity contribution in [3.05, 3.63) is 70.8 Å². The Kier molecular flexibility index (Phi) is 5.20. The van der Waals surface area contributed by atoms with Crippen LogP contribution in [0.4, 0.5) is 10.5 Å². The number of carboxylic acid groups (broad SMARTS) is 1. The molecule has 3 atom stereocenters. The van der Waals surface area contributed by atoms with E-state index < -0.39 is 18.1 Å². The molecule has 2 aromatic carbocycles. The van der Waals surface area contributed by atoms with Gasteiger partial charge in [0.2, 0.25) is 0 Å². The van der Waals surface area contributed by atoms with Crippen molar-refractivity contribution < 1.29 is 24.2 Å². The number of aliphatic carboxylic acids is 1. The van der Waals surface area contributed by atoms with Crippen LogP contribution >= 0.6 is 11.6 Å². The first-order valence-electron chi connectivity index (χ1n) is 9.28. The number of anilines is 1. The minimum Gasteiger partial charge on any atom is -0.495 e. The minimum atomic E-state index is -1.09. The Balaban J connectivity index is 1.78. The first kappa shape index (κ1) is 19.3. The number of carboxylic acids is 1. The molecule has 7 heteroatoms. The Morgan fingerprint density at radius 3 is 2.66 bits per heavy atom. The van der Waals surface area contributed by atoms with Crippen LogP contribution in [0.2, 0.25) is 5.02 Å². The topological polar surface area (TPSA) is 76.1 Å². The monoisotopic (exact) mass is 413 g/mol. The van der Waals surface area contributed by atoms with E-state index >= 15 is 0 Å². The molecule has 1 aliphatic carbocycles. The molecule has 4 rings (SSSR count). The van der Waals surface area contributed by atoms with Crippen molar-refractivity contribution in [3.63, 3.8) is 0 Å². The maximum atomic E-state index is 13.1. The Bertz CT molecular complexity index is 975. The van der Waals surface area contributed by atoms with Crippen molar-refractivity contribution in [2.45, 2.75) is 25.0 Å². The first-order valence-corrected chi connectivity index (χ1v) is 9.66. The highest BCUT2D eigenvalue weighted by Crippen LogP contribution is 2.53. The van der Waals surface area contributed by atoms with Crippen molar-refractivity contribution >= 4 is 29.4 Å². The molecule has 2 aliphatic rings. The van der Waals surface area contributed by atoms with E-state index in [0.29, 0.717) is 28.4 Å². The maximum absolute atomic E-state index is 13.1. The predicted molar refractivity (Wildman–Crippen MR) is 109 cm³/mol. The molecule has 0 radical (unpaired) electrons. The summed E-state index contributed by atoms with van der Waals surface area (Å²) in [5.41, 5.74) is 1.86. The molecule has 0 spiro atoms. The molecule has 2 aromatic rings. The number of benzene rings is 2. The summed E-state index contributed by atoms with van der Waals surface area (Å²) in [4.78, 5) is 26.6. The summed E-state index contributed by atoms with van der Waals surface area (Å²) < 4.78 is 11.0. The molecule has 0 saturated carbocycles. The molecule has 6 nitrogen and oxygen atoms in total. The fraction of sp³-hybridized carbons (Fsp3) is 0.273. The normalized spacial score (nSPS) is 22.0. The van der Waals surface area contributed by atoms with Crippen LogP contribution < -0.4 is 9.64 Å². The Morgan fingerprint density at radius 2 is 1.97 bits per heavy atom. The number of carbonyl (C=O) groups excluding carboxylic acids is 1. The molecule has 150 valence electrons. The molecule has 1 heterocycles. The zero-order valence-corrected chi connectivity index (χ0v) is 16.5. The lowest BCUT2D eigenvalue weighted by Crippen LogP contribution is -2.53. The second-order valence-electron chi connectivity index (χ2n) is 7.06. The molecule has 1 amide bonds. The fourth-order valence-corrected chi connectivity index (χ4v) is 4.50. The SMILES string of the molecule is COc1ccc(Cl)c2c1N(C(=O)OCc1ccccc1)[C@H](C(=O)O)[C@@H]1CC=C[C@H]21. The molecule has 0 saturated heterocycles. The van der Waals surface area contributed by atoms with Crippen LogP contribution in [-0.4, -0.2) is 30.3 Å². The summed E-state index contributed by atoms with van der Waals surface area (Å²) in [6.45, 7) is 0.0348. The van der Waals surface area contributed by atoms with Crippen LogP contribution in [0.1, 0.15) is 23.5 Å². The van der Waals surface area contributed by atoms with E-state index in [1.165, 1.54) is 12.0 Å². The van der Waals surface area contributed by atoms with Crippen LogP contribution in [0.3, 0.4) is 0 Å². The van der Waals surface area contributed by atoms with E-state index in [1.54, 1.807) is 12.1 Å². The first-order chi connectivity index (χ1) is 14.0. The van der Waals surface area contributed by atoms with E-state index in [1.807, 2.05) is 42.5 Å². The Labute approximate surface area is 173 Å². The summed E-state index contributed by atoms with van der Waals surface area (Å²) in [6.07, 6.45) is 3.69. The predicted octanol–water partition coefficient (Wildman–Crippen LogP) is 4.62. The van der Waals surface area contributed by atoms with Gasteiger partial charge in [-0.1, -0.05) is 54.1 Å². The van der Waals surface area contributed by atoms with Crippen LogP contribution in [-0.2, 0) is 16.1 Å². The van der Waals surface area contributed by atoms with E-state index in [0.717, 1.165) is 5.56 Å². The van der Waals surface area contributed by atoms with E-state index in [-0.39, 0.29) is 18.4 Å². The fourth-order valence-electron chi connectivity index (χ4n) is 4.22. The maximum Gasteiger partial charge on any atom is 0.415 e. The van der Waals surface area contributed by atoms with Crippen LogP contribution in [0.15, 0.2) is 54.6 Å². The number of hydrogen-bond acceptors (Lipinski definition) is 4. The second kappa shape index (κ2) is 7.79. The molecule has 0 fully saturated rings. The second-order valence-corrected chi connectivity index (χ2v) is 7.47. The highest BCUT2D eigenvalue weighted by Gasteiger charge is 2.50. The zero-order chi connectivity index (χ0) is 20.5. The van der Waals surface area contributed by atoms with Gasteiger partial charge < -0.3 is 14.6 Å². The molecule has 0 aromatic heterocycles. The van der Waals surface area contributed by atoms with Gasteiger partial charge in [-0.15, -0.1) is 0 Å². The highest BCUT2D eigenvalue weighted by molar-refractivity contribution is 6.32. The average Bonchev–Trinajstić information content (AvgIpc) is 3.21. The number of carbonyl (C=O) groups is 2. The molecule has 29 heavy (non-hydrogen) atoms. The number of fused-ring (bicyclic) bond motifs is 3. The molecule has 0 bridgehead atoms. The van der Waals surface area contributed by atoms with Gasteiger partial charge in [0.1, 0.15) is 18.4 Å². The number of methoxy groups -OCH3 is 1. The average molecular weight is 414 g/mol. The Morgan fingerprint density at radius 1 is 1.21 bits per heavy atom. The number of amides is 1. The van der Waals surface area contributed by atoms with Crippen LogP contribution in [0, 0.1) is 5.92 Å². The highest BCUT2D eigenvalue weighted by atomic mass is 35.5. The van der Waals surface area contributed by atoms with Crippen molar-refractivity contribution in [3.8, 4) is 5.75 Å². The summed E-state index contributed by atoms with van der Waals surface area (Å²) in [5, 5.41) is 10.5. The number of allylic oxidation sites excluding steroid dienone is 2. The number of halogens is 1. The minimum absolute atomic E-state index is 0.0348. The van der Waals surface area contributed by atoms with Crippen molar-refractivity contribution in [1.29, 1.82) is 0 Å². The third kappa shape index (κ3) is 3.34. The van der Waals surface area contributed by atoms with E-state index in [2.05, 4.69) is 0 Å². The van der Waals surface area contributed by atoms with Gasteiger partial charge >= 0.3 is 12.1 Å². The third-order valence-corrected chi connectivity index (χ3v) is 5.80. The number of rotatable bonds is 4.